The summed E-state index contributed by atoms with van der Waals surface area (Å²) in [4.78, 5) is 20.9. The fraction of sp³-hybridized carbons (Fsp3) is 0.188. The Labute approximate surface area is 131 Å². The van der Waals surface area contributed by atoms with E-state index >= 15 is 0 Å². The molecule has 0 atom stereocenters. The summed E-state index contributed by atoms with van der Waals surface area (Å²) < 4.78 is 0. The Morgan fingerprint density at radius 3 is 2.81 bits per heavy atom. The molecule has 3 aromatic rings. The number of ketones is 1. The lowest BCUT2D eigenvalue weighted by Gasteiger charge is -2.04. The molecule has 2 heterocycles. The van der Waals surface area contributed by atoms with Crippen molar-refractivity contribution in [2.45, 2.75) is 18.4 Å². The van der Waals surface area contributed by atoms with E-state index in [1.807, 2.05) is 18.2 Å². The van der Waals surface area contributed by atoms with Gasteiger partial charge in [0.2, 0.25) is 0 Å². The van der Waals surface area contributed by atoms with Gasteiger partial charge < -0.3 is 0 Å². The number of hydrogen-bond donors (Lipinski definition) is 0. The van der Waals surface area contributed by atoms with Gasteiger partial charge in [0.1, 0.15) is 22.0 Å². The van der Waals surface area contributed by atoms with Crippen molar-refractivity contribution in [2.24, 2.45) is 0 Å². The molecule has 1 aromatic carbocycles. The molecule has 0 saturated heterocycles. The fourth-order valence-electron chi connectivity index (χ4n) is 2.08. The Balaban J connectivity index is 2.01. The van der Waals surface area contributed by atoms with Gasteiger partial charge in [0.25, 0.3) is 0 Å². The second-order valence-electron chi connectivity index (χ2n) is 4.67. The van der Waals surface area contributed by atoms with Gasteiger partial charge in [-0.3, -0.25) is 4.79 Å². The van der Waals surface area contributed by atoms with Crippen molar-refractivity contribution in [3.05, 3.63) is 42.0 Å². The monoisotopic (exact) mass is 314 g/mol. The molecule has 5 heteroatoms. The van der Waals surface area contributed by atoms with Crippen LogP contribution in [0.25, 0.3) is 21.3 Å². The molecule has 0 radical (unpaired) electrons. The number of nitrogens with zero attached hydrogens (tertiary/aromatic N) is 2. The van der Waals surface area contributed by atoms with Crippen LogP contribution in [-0.4, -0.2) is 21.5 Å². The van der Waals surface area contributed by atoms with E-state index < -0.39 is 0 Å². The molecule has 0 amide bonds. The lowest BCUT2D eigenvalue weighted by atomic mass is 10.1. The van der Waals surface area contributed by atoms with Crippen molar-refractivity contribution in [3.63, 3.8) is 0 Å². The second kappa shape index (κ2) is 6.37. The molecule has 106 valence electrons. The quantitative estimate of drug-likeness (QED) is 0.516. The van der Waals surface area contributed by atoms with E-state index in [4.69, 9.17) is 0 Å². The molecule has 0 spiro atoms. The molecule has 3 rings (SSSR count). The number of carbonyl (C=O) groups excluding carboxylic acids is 1. The van der Waals surface area contributed by atoms with E-state index in [-0.39, 0.29) is 5.78 Å². The molecule has 0 bridgehead atoms. The van der Waals surface area contributed by atoms with Crippen LogP contribution in [-0.2, 0) is 4.79 Å². The van der Waals surface area contributed by atoms with Crippen LogP contribution in [0.3, 0.4) is 0 Å². The average Bonchev–Trinajstić information content (AvgIpc) is 2.93. The highest BCUT2D eigenvalue weighted by molar-refractivity contribution is 7.99. The van der Waals surface area contributed by atoms with Crippen molar-refractivity contribution in [3.8, 4) is 11.1 Å². The number of carbonyl (C=O) groups is 1. The summed E-state index contributed by atoms with van der Waals surface area (Å²) in [6, 6.07) is 10.3. The largest absolute Gasteiger partial charge is 0.300 e. The summed E-state index contributed by atoms with van der Waals surface area (Å²) in [5.74, 6) is 0.965. The van der Waals surface area contributed by atoms with Crippen LogP contribution < -0.4 is 0 Å². The third kappa shape index (κ3) is 3.14. The Bertz CT molecular complexity index is 768. The first-order valence-electron chi connectivity index (χ1n) is 6.65. The number of hydrogen-bond acceptors (Lipinski definition) is 5. The van der Waals surface area contributed by atoms with Gasteiger partial charge in [-0.05, 0) is 12.5 Å². The molecule has 0 aliphatic rings. The smallest absolute Gasteiger partial charge is 0.130 e. The second-order valence-corrected chi connectivity index (χ2v) is 6.62. The molecular formula is C16H14N2OS2. The van der Waals surface area contributed by atoms with Gasteiger partial charge in [-0.25, -0.2) is 9.97 Å². The van der Waals surface area contributed by atoms with Crippen LogP contribution in [0, 0.1) is 0 Å². The molecule has 0 aliphatic carbocycles. The van der Waals surface area contributed by atoms with Crippen LogP contribution in [0.2, 0.25) is 0 Å². The molecule has 3 nitrogen and oxygen atoms in total. The van der Waals surface area contributed by atoms with Gasteiger partial charge in [-0.2, -0.15) is 0 Å². The molecule has 0 unspecified atom stereocenters. The van der Waals surface area contributed by atoms with E-state index in [9.17, 15) is 4.79 Å². The minimum atomic E-state index is 0.210. The summed E-state index contributed by atoms with van der Waals surface area (Å²) in [6.07, 6.45) is 2.17. The van der Waals surface area contributed by atoms with Crippen molar-refractivity contribution in [1.29, 1.82) is 0 Å². The molecule has 0 saturated carbocycles. The maximum atomic E-state index is 11.1. The third-order valence-corrected chi connectivity index (χ3v) is 4.99. The first-order chi connectivity index (χ1) is 10.3. The average molecular weight is 314 g/mol. The summed E-state index contributed by atoms with van der Waals surface area (Å²) in [6.45, 7) is 1.62. The lowest BCUT2D eigenvalue weighted by molar-refractivity contribution is -0.116. The standard InChI is InChI=1S/C16H14N2OS2/c1-11(19)7-8-20-15-14-13(12-5-3-2-4-6-12)9-21-16(14)18-10-17-15/h2-6,9-10H,7-8H2,1H3. The van der Waals surface area contributed by atoms with E-state index in [0.29, 0.717) is 6.42 Å². The zero-order valence-corrected chi connectivity index (χ0v) is 13.2. The van der Waals surface area contributed by atoms with E-state index in [2.05, 4.69) is 27.5 Å². The predicted molar refractivity (Wildman–Crippen MR) is 88.9 cm³/mol. The zero-order valence-electron chi connectivity index (χ0n) is 11.6. The van der Waals surface area contributed by atoms with Gasteiger partial charge in [0.15, 0.2) is 0 Å². The van der Waals surface area contributed by atoms with Gasteiger partial charge in [-0.15, -0.1) is 23.1 Å². The summed E-state index contributed by atoms with van der Waals surface area (Å²) in [5.41, 5.74) is 2.34. The Kier molecular flexibility index (Phi) is 4.31. The van der Waals surface area contributed by atoms with Gasteiger partial charge >= 0.3 is 0 Å². The van der Waals surface area contributed by atoms with E-state index in [1.54, 1.807) is 36.3 Å². The Morgan fingerprint density at radius 2 is 2.05 bits per heavy atom. The molecular weight excluding hydrogens is 300 g/mol. The molecule has 0 aliphatic heterocycles. The highest BCUT2D eigenvalue weighted by Gasteiger charge is 2.13. The molecule has 0 fully saturated rings. The zero-order chi connectivity index (χ0) is 14.7. The molecule has 21 heavy (non-hydrogen) atoms. The first-order valence-corrected chi connectivity index (χ1v) is 8.52. The Morgan fingerprint density at radius 1 is 1.24 bits per heavy atom. The SMILES string of the molecule is CC(=O)CCSc1ncnc2scc(-c3ccccc3)c12. The number of thiophene rings is 1. The maximum Gasteiger partial charge on any atom is 0.130 e. The number of Topliss-reactive ketones (excluding diaryl/α,β-unsaturated/α-hetero) is 1. The summed E-state index contributed by atoms with van der Waals surface area (Å²) in [7, 11) is 0. The lowest BCUT2D eigenvalue weighted by Crippen LogP contribution is -1.93. The Hall–Kier alpha value is -1.72. The van der Waals surface area contributed by atoms with Gasteiger partial charge in [-0.1, -0.05) is 30.3 Å². The van der Waals surface area contributed by atoms with Gasteiger partial charge in [0, 0.05) is 23.1 Å². The highest BCUT2D eigenvalue weighted by atomic mass is 32.2. The maximum absolute atomic E-state index is 11.1. The normalized spacial score (nSPS) is 10.9. The molecule has 0 N–H and O–H groups in total. The minimum absolute atomic E-state index is 0.210. The predicted octanol–water partition coefficient (Wildman–Crippen LogP) is 4.43. The number of fused-ring (bicyclic) bond motifs is 1. The summed E-state index contributed by atoms with van der Waals surface area (Å²) in [5, 5.41) is 4.19. The summed E-state index contributed by atoms with van der Waals surface area (Å²) >= 11 is 3.26. The molecule has 2 aromatic heterocycles. The highest BCUT2D eigenvalue weighted by Crippen LogP contribution is 2.37. The number of thioether (sulfide) groups is 1. The minimum Gasteiger partial charge on any atom is -0.300 e. The number of benzene rings is 1. The number of aromatic nitrogens is 2. The van der Waals surface area contributed by atoms with Gasteiger partial charge in [0.05, 0.1) is 5.39 Å². The van der Waals surface area contributed by atoms with Crippen molar-refractivity contribution in [2.75, 3.05) is 5.75 Å². The third-order valence-electron chi connectivity index (χ3n) is 3.11. The van der Waals surface area contributed by atoms with Crippen molar-refractivity contribution in [1.82, 2.24) is 9.97 Å². The van der Waals surface area contributed by atoms with Crippen LogP contribution in [0.1, 0.15) is 13.3 Å². The van der Waals surface area contributed by atoms with Crippen LogP contribution in [0.5, 0.6) is 0 Å². The van der Waals surface area contributed by atoms with Crippen LogP contribution in [0.15, 0.2) is 47.1 Å². The van der Waals surface area contributed by atoms with Crippen molar-refractivity contribution < 1.29 is 4.79 Å². The van der Waals surface area contributed by atoms with Crippen LogP contribution in [0.4, 0.5) is 0 Å². The first kappa shape index (κ1) is 14.2. The fourth-order valence-corrected chi connectivity index (χ4v) is 4.11. The number of rotatable bonds is 5. The van der Waals surface area contributed by atoms with Crippen molar-refractivity contribution >= 4 is 39.1 Å². The van der Waals surface area contributed by atoms with Crippen LogP contribution >= 0.6 is 23.1 Å². The topological polar surface area (TPSA) is 42.9 Å². The van der Waals surface area contributed by atoms with E-state index in [1.165, 1.54) is 11.1 Å². The van der Waals surface area contributed by atoms with E-state index in [0.717, 1.165) is 21.0 Å².